The van der Waals surface area contributed by atoms with E-state index in [9.17, 15) is 19.8 Å². The summed E-state index contributed by atoms with van der Waals surface area (Å²) in [6, 6.07) is 16.2. The molecule has 5 aromatic rings. The van der Waals surface area contributed by atoms with Gasteiger partial charge in [0.05, 0.1) is 24.4 Å². The van der Waals surface area contributed by atoms with E-state index in [2.05, 4.69) is 15.2 Å². The number of phenolic OH excluding ortho intramolecular Hbond substituents is 1. The minimum absolute atomic E-state index is 0.120. The lowest BCUT2D eigenvalue weighted by molar-refractivity contribution is -0.132. The number of amides is 1. The van der Waals surface area contributed by atoms with Gasteiger partial charge < -0.3 is 14.9 Å². The number of hydrogen-bond acceptors (Lipinski definition) is 10. The second-order valence-corrected chi connectivity index (χ2v) is 11.9. The number of methoxy groups -OCH3 is 1. The molecular weight excluding hydrogens is 598 g/mol. The number of anilines is 1. The Morgan fingerprint density at radius 1 is 1.12 bits per heavy atom. The van der Waals surface area contributed by atoms with Crippen molar-refractivity contribution in [3.05, 3.63) is 100.0 Å². The summed E-state index contributed by atoms with van der Waals surface area (Å²) < 4.78 is 7.52. The highest BCUT2D eigenvalue weighted by atomic mass is 35.5. The van der Waals surface area contributed by atoms with Crippen LogP contribution < -0.4 is 9.64 Å². The first-order valence-electron chi connectivity index (χ1n) is 12.6. The van der Waals surface area contributed by atoms with Gasteiger partial charge in [-0.25, -0.2) is 4.98 Å². The summed E-state index contributed by atoms with van der Waals surface area (Å²) in [5.41, 5.74) is 2.51. The van der Waals surface area contributed by atoms with Crippen LogP contribution in [0.4, 0.5) is 5.13 Å². The fraction of sp³-hybridized carbons (Fsp3) is 0.138. The summed E-state index contributed by atoms with van der Waals surface area (Å²) in [6.45, 7) is 1.71. The molecule has 10 nitrogen and oxygen atoms in total. The molecule has 1 unspecified atom stereocenters. The van der Waals surface area contributed by atoms with Crippen LogP contribution >= 0.6 is 34.7 Å². The van der Waals surface area contributed by atoms with Gasteiger partial charge in [0.25, 0.3) is 5.78 Å². The normalized spacial score (nSPS) is 16.5. The highest BCUT2D eigenvalue weighted by Crippen LogP contribution is 2.46. The third-order valence-corrected chi connectivity index (χ3v) is 9.28. The fourth-order valence-electron chi connectivity index (χ4n) is 4.85. The number of thioether (sulfide) groups is 1. The Kier molecular flexibility index (Phi) is 7.35. The van der Waals surface area contributed by atoms with Gasteiger partial charge in [0, 0.05) is 17.0 Å². The number of pyridine rings is 1. The van der Waals surface area contributed by atoms with Gasteiger partial charge in [0.2, 0.25) is 5.13 Å². The molecular formula is C29H22ClN5O5S2. The maximum atomic E-state index is 13.7. The molecule has 2 aromatic carbocycles. The number of benzene rings is 2. The Bertz CT molecular complexity index is 1900. The lowest BCUT2D eigenvalue weighted by atomic mass is 9.96. The molecule has 1 amide bonds. The number of ketones is 1. The molecule has 212 valence electrons. The maximum Gasteiger partial charge on any atom is 0.301 e. The number of phenols is 1. The molecule has 1 atom stereocenters. The monoisotopic (exact) mass is 619 g/mol. The number of Topliss-reactive ketones (excluding diaryl/α,β-unsaturated/α-hetero) is 1. The van der Waals surface area contributed by atoms with Gasteiger partial charge in [-0.1, -0.05) is 65.0 Å². The van der Waals surface area contributed by atoms with E-state index in [1.54, 1.807) is 41.8 Å². The largest absolute Gasteiger partial charge is 0.505 e. The van der Waals surface area contributed by atoms with Gasteiger partial charge in [0.15, 0.2) is 21.6 Å². The topological polar surface area (TPSA) is 130 Å². The van der Waals surface area contributed by atoms with Crippen molar-refractivity contribution >= 4 is 62.9 Å². The van der Waals surface area contributed by atoms with Crippen LogP contribution in [0.2, 0.25) is 5.02 Å². The zero-order valence-corrected chi connectivity index (χ0v) is 24.6. The summed E-state index contributed by atoms with van der Waals surface area (Å²) in [6.07, 6.45) is 1.71. The SMILES string of the molecule is COc1cc(C2C(=C(O)c3c(C)nc4ccccn34)C(=O)C(=O)N2c2nnc(SCc3ccccc3Cl)s2)ccc1O. The van der Waals surface area contributed by atoms with Crippen molar-refractivity contribution in [3.63, 3.8) is 0 Å². The first kappa shape index (κ1) is 27.8. The van der Waals surface area contributed by atoms with Crippen molar-refractivity contribution in [2.45, 2.75) is 23.1 Å². The van der Waals surface area contributed by atoms with Gasteiger partial charge in [-0.3, -0.25) is 18.9 Å². The molecule has 0 spiro atoms. The van der Waals surface area contributed by atoms with Gasteiger partial charge >= 0.3 is 5.91 Å². The van der Waals surface area contributed by atoms with E-state index >= 15 is 0 Å². The van der Waals surface area contributed by atoms with Crippen molar-refractivity contribution < 1.29 is 24.5 Å². The lowest BCUT2D eigenvalue weighted by Gasteiger charge is -2.23. The summed E-state index contributed by atoms with van der Waals surface area (Å²) in [4.78, 5) is 33.0. The van der Waals surface area contributed by atoms with Crippen LogP contribution in [0.15, 0.2) is 76.8 Å². The maximum absolute atomic E-state index is 13.7. The number of halogens is 1. The molecule has 0 aliphatic carbocycles. The molecule has 2 N–H and O–H groups in total. The second kappa shape index (κ2) is 11.1. The van der Waals surface area contributed by atoms with Crippen LogP contribution in [0.25, 0.3) is 11.4 Å². The van der Waals surface area contributed by atoms with Crippen molar-refractivity contribution in [1.29, 1.82) is 0 Å². The third-order valence-electron chi connectivity index (χ3n) is 6.80. The minimum Gasteiger partial charge on any atom is -0.505 e. The second-order valence-electron chi connectivity index (χ2n) is 9.31. The van der Waals surface area contributed by atoms with Crippen LogP contribution in [0.1, 0.15) is 28.6 Å². The number of aryl methyl sites for hydroxylation is 1. The highest BCUT2D eigenvalue weighted by molar-refractivity contribution is 8.00. The molecule has 1 fully saturated rings. The number of aromatic hydroxyl groups is 1. The summed E-state index contributed by atoms with van der Waals surface area (Å²) in [7, 11) is 1.39. The predicted octanol–water partition coefficient (Wildman–Crippen LogP) is 5.78. The van der Waals surface area contributed by atoms with Crippen LogP contribution in [-0.2, 0) is 15.3 Å². The van der Waals surface area contributed by atoms with Gasteiger partial charge in [-0.05, 0) is 48.4 Å². The number of fused-ring (bicyclic) bond motifs is 1. The Morgan fingerprint density at radius 2 is 1.90 bits per heavy atom. The molecule has 1 aliphatic heterocycles. The van der Waals surface area contributed by atoms with Crippen molar-refractivity contribution in [2.75, 3.05) is 12.0 Å². The number of nitrogens with zero attached hydrogens (tertiary/aromatic N) is 5. The van der Waals surface area contributed by atoms with Gasteiger partial charge in [-0.2, -0.15) is 0 Å². The molecule has 13 heteroatoms. The van der Waals surface area contributed by atoms with E-state index in [0.29, 0.717) is 32.0 Å². The Morgan fingerprint density at radius 3 is 2.69 bits per heavy atom. The molecule has 4 heterocycles. The summed E-state index contributed by atoms with van der Waals surface area (Å²) in [5, 5.41) is 31.2. The number of rotatable bonds is 7. The average molecular weight is 620 g/mol. The van der Waals surface area contributed by atoms with Crippen molar-refractivity contribution in [1.82, 2.24) is 19.6 Å². The Hall–Kier alpha value is -4.39. The van der Waals surface area contributed by atoms with E-state index in [1.807, 2.05) is 24.3 Å². The molecule has 42 heavy (non-hydrogen) atoms. The Balaban J connectivity index is 1.47. The van der Waals surface area contributed by atoms with Crippen LogP contribution in [-0.4, -0.2) is 48.6 Å². The fourth-order valence-corrected chi connectivity index (χ4v) is 7.00. The zero-order valence-electron chi connectivity index (χ0n) is 22.2. The van der Waals surface area contributed by atoms with Gasteiger partial charge in [0.1, 0.15) is 11.3 Å². The average Bonchev–Trinajstić information content (AvgIpc) is 3.66. The van der Waals surface area contributed by atoms with Crippen LogP contribution in [0.5, 0.6) is 11.5 Å². The lowest BCUT2D eigenvalue weighted by Crippen LogP contribution is -2.29. The number of hydrogen-bond donors (Lipinski definition) is 2. The van der Waals surface area contributed by atoms with Crippen LogP contribution in [0.3, 0.4) is 0 Å². The molecule has 1 aliphatic rings. The number of aliphatic hydroxyl groups is 1. The van der Waals surface area contributed by atoms with E-state index in [-0.39, 0.29) is 33.7 Å². The summed E-state index contributed by atoms with van der Waals surface area (Å²) >= 11 is 8.83. The molecule has 0 saturated carbocycles. The standard InChI is InChI=1S/C29H22ClN5O5S2/c1-15-23(34-12-6-5-9-21(34)31-15)25(37)22-24(16-10-11-19(36)20(13-16)40-2)35(27(39)26(22)38)28-32-33-29(42-28)41-14-17-7-3-4-8-18(17)30/h3-13,24,36-37H,14H2,1-2H3. The molecule has 1 saturated heterocycles. The van der Waals surface area contributed by atoms with Crippen molar-refractivity contribution in [3.8, 4) is 11.5 Å². The van der Waals surface area contributed by atoms with E-state index < -0.39 is 17.7 Å². The number of aromatic nitrogens is 4. The molecule has 0 bridgehead atoms. The number of carbonyl (C=O) groups is 2. The first-order valence-corrected chi connectivity index (χ1v) is 14.8. The van der Waals surface area contributed by atoms with E-state index in [4.69, 9.17) is 16.3 Å². The van der Waals surface area contributed by atoms with E-state index in [0.717, 1.165) is 16.9 Å². The first-order chi connectivity index (χ1) is 20.3. The molecule has 6 rings (SSSR count). The van der Waals surface area contributed by atoms with Crippen molar-refractivity contribution in [2.24, 2.45) is 0 Å². The predicted molar refractivity (Wildman–Crippen MR) is 160 cm³/mol. The third kappa shape index (κ3) is 4.77. The summed E-state index contributed by atoms with van der Waals surface area (Å²) in [5.74, 6) is -1.61. The highest BCUT2D eigenvalue weighted by Gasteiger charge is 2.49. The smallest absolute Gasteiger partial charge is 0.301 e. The zero-order chi connectivity index (χ0) is 29.5. The number of aliphatic hydroxyl groups excluding tert-OH is 1. The number of carbonyl (C=O) groups excluding carboxylic acids is 2. The number of ether oxygens (including phenoxy) is 1. The van der Waals surface area contributed by atoms with Crippen LogP contribution in [0, 0.1) is 6.92 Å². The minimum atomic E-state index is -1.09. The number of imidazole rings is 1. The molecule has 0 radical (unpaired) electrons. The van der Waals surface area contributed by atoms with E-state index in [1.165, 1.54) is 35.9 Å². The van der Waals surface area contributed by atoms with Gasteiger partial charge in [-0.15, -0.1) is 10.2 Å². The Labute approximate surface area is 252 Å². The molecule has 3 aromatic heterocycles. The quantitative estimate of drug-likeness (QED) is 0.0765.